The van der Waals surface area contributed by atoms with Crippen LogP contribution in [0.2, 0.25) is 0 Å². The first-order valence-electron chi connectivity index (χ1n) is 6.50. The summed E-state index contributed by atoms with van der Waals surface area (Å²) in [6.07, 6.45) is 5.86. The van der Waals surface area contributed by atoms with Gasteiger partial charge in [0.25, 0.3) is 0 Å². The van der Waals surface area contributed by atoms with Crippen LogP contribution in [-0.4, -0.2) is 5.48 Å². The van der Waals surface area contributed by atoms with Crippen LogP contribution in [0.15, 0.2) is 0 Å². The van der Waals surface area contributed by atoms with Gasteiger partial charge < -0.3 is 5.48 Å². The van der Waals surface area contributed by atoms with Crippen molar-refractivity contribution in [2.45, 2.75) is 60.3 Å². The fourth-order valence-corrected chi connectivity index (χ4v) is 3.04. The fourth-order valence-electron chi connectivity index (χ4n) is 3.04. The van der Waals surface area contributed by atoms with Gasteiger partial charge in [-0.25, -0.2) is 0 Å². The normalized spacial score (nSPS) is 33.6. The van der Waals surface area contributed by atoms with Gasteiger partial charge in [-0.1, -0.05) is 41.0 Å². The molecule has 15 heavy (non-hydrogen) atoms. The van der Waals surface area contributed by atoms with Crippen LogP contribution in [0, 0.1) is 29.6 Å². The maximum atomic E-state index is 2.47. The van der Waals surface area contributed by atoms with Crippen LogP contribution in [0.25, 0.3) is 0 Å². The van der Waals surface area contributed by atoms with E-state index in [0.29, 0.717) is 0 Å². The summed E-state index contributed by atoms with van der Waals surface area (Å²) < 4.78 is 0. The molecule has 1 heteroatoms. The highest BCUT2D eigenvalue weighted by atomic mass is 16.0. The molecule has 0 saturated heterocycles. The zero-order valence-corrected chi connectivity index (χ0v) is 11.2. The maximum Gasteiger partial charge on any atom is -0.0386 e. The molecule has 0 spiro atoms. The zero-order valence-electron chi connectivity index (χ0n) is 11.2. The van der Waals surface area contributed by atoms with Crippen molar-refractivity contribution in [2.75, 3.05) is 0 Å². The quantitative estimate of drug-likeness (QED) is 0.682. The van der Waals surface area contributed by atoms with Gasteiger partial charge in [0.2, 0.25) is 0 Å². The van der Waals surface area contributed by atoms with Crippen LogP contribution in [0.3, 0.4) is 0 Å². The number of hydrogen-bond donors (Lipinski definition) is 0. The second kappa shape index (κ2) is 6.52. The summed E-state index contributed by atoms with van der Waals surface area (Å²) >= 11 is 0. The summed E-state index contributed by atoms with van der Waals surface area (Å²) in [4.78, 5) is 0. The van der Waals surface area contributed by atoms with E-state index in [2.05, 4.69) is 34.6 Å². The summed E-state index contributed by atoms with van der Waals surface area (Å²) in [7, 11) is 0. The van der Waals surface area contributed by atoms with E-state index < -0.39 is 0 Å². The summed E-state index contributed by atoms with van der Waals surface area (Å²) in [5.41, 5.74) is 0. The lowest BCUT2D eigenvalue weighted by atomic mass is 9.70. The highest BCUT2D eigenvalue weighted by molar-refractivity contribution is 4.78. The summed E-state index contributed by atoms with van der Waals surface area (Å²) in [5.74, 6) is 4.77. The molecular weight excluding hydrogens is 184 g/mol. The van der Waals surface area contributed by atoms with Crippen molar-refractivity contribution in [1.29, 1.82) is 0 Å². The molecule has 4 atom stereocenters. The Balaban J connectivity index is 0.00000196. The molecule has 1 nitrogen and oxygen atoms in total. The van der Waals surface area contributed by atoms with E-state index in [1.165, 1.54) is 25.7 Å². The largest absolute Gasteiger partial charge is 0.412 e. The third-order valence-corrected chi connectivity index (χ3v) is 4.29. The molecule has 1 saturated carbocycles. The second-order valence-corrected chi connectivity index (χ2v) is 6.13. The van der Waals surface area contributed by atoms with Gasteiger partial charge in [0.1, 0.15) is 0 Å². The number of hydrogen-bond acceptors (Lipinski definition) is 0. The minimum atomic E-state index is 0. The van der Waals surface area contributed by atoms with Gasteiger partial charge >= 0.3 is 0 Å². The topological polar surface area (TPSA) is 31.5 Å². The van der Waals surface area contributed by atoms with E-state index in [1.54, 1.807) is 0 Å². The van der Waals surface area contributed by atoms with Crippen LogP contribution in [0.1, 0.15) is 60.3 Å². The number of rotatable bonds is 3. The summed E-state index contributed by atoms with van der Waals surface area (Å²) in [6.45, 7) is 12.0. The van der Waals surface area contributed by atoms with Crippen LogP contribution in [0.4, 0.5) is 0 Å². The smallest absolute Gasteiger partial charge is 0.0386 e. The summed E-state index contributed by atoms with van der Waals surface area (Å²) in [6, 6.07) is 0. The van der Waals surface area contributed by atoms with Crippen molar-refractivity contribution >= 4 is 0 Å². The average Bonchev–Trinajstić information content (AvgIpc) is 2.08. The predicted molar refractivity (Wildman–Crippen MR) is 67.9 cm³/mol. The zero-order chi connectivity index (χ0) is 10.7. The van der Waals surface area contributed by atoms with Crippen molar-refractivity contribution < 1.29 is 5.48 Å². The van der Waals surface area contributed by atoms with Crippen LogP contribution >= 0.6 is 0 Å². The standard InChI is InChI=1S/C14H28.H2O/c1-10(2)8-13(5)14-7-6-11(3)12(4)9-14;/h10-14H,6-9H2,1-5H3;1H2. The molecule has 0 aromatic rings. The van der Waals surface area contributed by atoms with Gasteiger partial charge in [-0.3, -0.25) is 0 Å². The van der Waals surface area contributed by atoms with E-state index in [-0.39, 0.29) is 5.48 Å². The van der Waals surface area contributed by atoms with Crippen molar-refractivity contribution in [1.82, 2.24) is 0 Å². The van der Waals surface area contributed by atoms with Crippen molar-refractivity contribution in [3.8, 4) is 0 Å². The SMILES string of the molecule is CC(C)CC(C)C1CCC(C)C(C)C1.O. The maximum absolute atomic E-state index is 2.47. The molecule has 0 aromatic heterocycles. The molecule has 0 aromatic carbocycles. The molecule has 0 bridgehead atoms. The van der Waals surface area contributed by atoms with E-state index in [0.717, 1.165) is 29.6 Å². The van der Waals surface area contributed by atoms with Gasteiger partial charge in [0.05, 0.1) is 0 Å². The highest BCUT2D eigenvalue weighted by Crippen LogP contribution is 2.38. The van der Waals surface area contributed by atoms with Gasteiger partial charge in [-0.05, 0) is 48.9 Å². The Hall–Kier alpha value is -0.0400. The van der Waals surface area contributed by atoms with E-state index in [9.17, 15) is 0 Å². The Morgan fingerprint density at radius 2 is 1.60 bits per heavy atom. The van der Waals surface area contributed by atoms with E-state index in [1.807, 2.05) is 0 Å². The molecule has 0 radical (unpaired) electrons. The molecule has 1 aliphatic rings. The first kappa shape index (κ1) is 15.0. The van der Waals surface area contributed by atoms with Gasteiger partial charge in [0, 0.05) is 0 Å². The lowest BCUT2D eigenvalue weighted by molar-refractivity contribution is 0.151. The monoisotopic (exact) mass is 214 g/mol. The molecule has 0 amide bonds. The minimum Gasteiger partial charge on any atom is -0.412 e. The molecule has 92 valence electrons. The third-order valence-electron chi connectivity index (χ3n) is 4.29. The lowest BCUT2D eigenvalue weighted by Gasteiger charge is -2.36. The summed E-state index contributed by atoms with van der Waals surface area (Å²) in [5, 5.41) is 0. The molecule has 2 N–H and O–H groups in total. The molecule has 1 fully saturated rings. The average molecular weight is 214 g/mol. The first-order chi connectivity index (χ1) is 6.50. The molecule has 4 unspecified atom stereocenters. The Kier molecular flexibility index (Phi) is 6.51. The Labute approximate surface area is 96.0 Å². The Morgan fingerprint density at radius 1 is 1.00 bits per heavy atom. The third kappa shape index (κ3) is 4.55. The first-order valence-corrected chi connectivity index (χ1v) is 6.50. The second-order valence-electron chi connectivity index (χ2n) is 6.13. The molecule has 1 aliphatic carbocycles. The van der Waals surface area contributed by atoms with Crippen molar-refractivity contribution in [3.63, 3.8) is 0 Å². The van der Waals surface area contributed by atoms with E-state index in [4.69, 9.17) is 0 Å². The van der Waals surface area contributed by atoms with Crippen LogP contribution < -0.4 is 0 Å². The Morgan fingerprint density at radius 3 is 2.07 bits per heavy atom. The van der Waals surface area contributed by atoms with Crippen molar-refractivity contribution in [3.05, 3.63) is 0 Å². The lowest BCUT2D eigenvalue weighted by Crippen LogP contribution is -2.25. The highest BCUT2D eigenvalue weighted by Gasteiger charge is 2.27. The van der Waals surface area contributed by atoms with Gasteiger partial charge in [-0.2, -0.15) is 0 Å². The van der Waals surface area contributed by atoms with Crippen LogP contribution in [0.5, 0.6) is 0 Å². The van der Waals surface area contributed by atoms with Gasteiger partial charge in [-0.15, -0.1) is 0 Å². The molecule has 1 rings (SSSR count). The Bertz CT molecular complexity index is 165. The van der Waals surface area contributed by atoms with E-state index >= 15 is 0 Å². The van der Waals surface area contributed by atoms with Crippen molar-refractivity contribution in [2.24, 2.45) is 29.6 Å². The minimum absolute atomic E-state index is 0. The fraction of sp³-hybridized carbons (Fsp3) is 1.00. The molecule has 0 aliphatic heterocycles. The molecular formula is C14H30O. The van der Waals surface area contributed by atoms with Gasteiger partial charge in [0.15, 0.2) is 0 Å². The molecule has 0 heterocycles. The predicted octanol–water partition coefficient (Wildman–Crippen LogP) is 3.92. The van der Waals surface area contributed by atoms with Crippen LogP contribution in [-0.2, 0) is 0 Å².